The van der Waals surface area contributed by atoms with Gasteiger partial charge in [0, 0.05) is 49.9 Å². The Morgan fingerprint density at radius 2 is 1.86 bits per heavy atom. The Morgan fingerprint density at radius 3 is 2.64 bits per heavy atom. The third kappa shape index (κ3) is 5.98. The van der Waals surface area contributed by atoms with Gasteiger partial charge in [0.15, 0.2) is 17.4 Å². The summed E-state index contributed by atoms with van der Waals surface area (Å²) in [4.78, 5) is 35.7. The van der Waals surface area contributed by atoms with E-state index in [0.717, 1.165) is 50.3 Å². The molecular weight excluding hydrogens is 545 g/mol. The van der Waals surface area contributed by atoms with Crippen LogP contribution in [0.4, 0.5) is 36.4 Å². The molecule has 6 rings (SSSR count). The SMILES string of the molecule is Cc1ccc(CC(=O)c2cccc(C(F)(F)F)c2)cc1Nc1ncnc2c(N)nc(N3CCCN(C4CC4)CC3)nc12. The lowest BCUT2D eigenvalue weighted by molar-refractivity contribution is -0.137. The number of hydrogen-bond acceptors (Lipinski definition) is 9. The Kier molecular flexibility index (Phi) is 7.40. The number of ketones is 1. The zero-order valence-electron chi connectivity index (χ0n) is 23.2. The molecule has 0 amide bonds. The van der Waals surface area contributed by atoms with E-state index in [2.05, 4.69) is 30.1 Å². The Hall–Kier alpha value is -4.32. The lowest BCUT2D eigenvalue weighted by Crippen LogP contribution is -2.33. The zero-order valence-corrected chi connectivity index (χ0v) is 23.2. The van der Waals surface area contributed by atoms with Gasteiger partial charge in [0.2, 0.25) is 5.95 Å². The normalized spacial score (nSPS) is 16.4. The lowest BCUT2D eigenvalue weighted by Gasteiger charge is -2.22. The molecule has 0 unspecified atom stereocenters. The maximum Gasteiger partial charge on any atom is 0.416 e. The molecular formula is C30H31F3N8O. The summed E-state index contributed by atoms with van der Waals surface area (Å²) in [5, 5.41) is 3.31. The second-order valence-electron chi connectivity index (χ2n) is 10.9. The number of rotatable bonds is 7. The van der Waals surface area contributed by atoms with Crippen LogP contribution in [-0.4, -0.2) is 62.8 Å². The highest BCUT2D eigenvalue weighted by molar-refractivity contribution is 5.98. The first kappa shape index (κ1) is 27.8. The van der Waals surface area contributed by atoms with Crippen LogP contribution in [0.25, 0.3) is 11.0 Å². The molecule has 3 heterocycles. The van der Waals surface area contributed by atoms with Gasteiger partial charge in [0.25, 0.3) is 0 Å². The van der Waals surface area contributed by atoms with Gasteiger partial charge in [-0.2, -0.15) is 18.2 Å². The van der Waals surface area contributed by atoms with Crippen LogP contribution in [0.3, 0.4) is 0 Å². The van der Waals surface area contributed by atoms with E-state index < -0.39 is 17.5 Å². The summed E-state index contributed by atoms with van der Waals surface area (Å²) < 4.78 is 39.4. The fourth-order valence-electron chi connectivity index (χ4n) is 5.33. The Labute approximate surface area is 241 Å². The van der Waals surface area contributed by atoms with Crippen LogP contribution in [0, 0.1) is 6.92 Å². The second kappa shape index (κ2) is 11.2. The van der Waals surface area contributed by atoms with Crippen LogP contribution in [0.2, 0.25) is 0 Å². The molecule has 1 aliphatic carbocycles. The Balaban J connectivity index is 1.25. The van der Waals surface area contributed by atoms with Crippen LogP contribution < -0.4 is 16.0 Å². The average Bonchev–Trinajstić information content (AvgIpc) is 3.82. The number of aryl methyl sites for hydroxylation is 1. The van der Waals surface area contributed by atoms with Crippen LogP contribution in [0.5, 0.6) is 0 Å². The molecule has 2 aromatic heterocycles. The summed E-state index contributed by atoms with van der Waals surface area (Å²) in [5.74, 6) is 0.828. The summed E-state index contributed by atoms with van der Waals surface area (Å²) in [6, 6.07) is 10.6. The molecule has 1 aliphatic heterocycles. The van der Waals surface area contributed by atoms with Gasteiger partial charge < -0.3 is 16.0 Å². The molecule has 2 aliphatic rings. The zero-order chi connectivity index (χ0) is 29.4. The number of anilines is 4. The van der Waals surface area contributed by atoms with Crippen molar-refractivity contribution in [2.24, 2.45) is 0 Å². The topological polar surface area (TPSA) is 113 Å². The summed E-state index contributed by atoms with van der Waals surface area (Å²) in [7, 11) is 0. The minimum atomic E-state index is -4.52. The van der Waals surface area contributed by atoms with E-state index in [4.69, 9.17) is 10.7 Å². The van der Waals surface area contributed by atoms with Crippen LogP contribution >= 0.6 is 0 Å². The standard InChI is InChI=1S/C30H31F3N8O/c1-18-6-7-19(15-24(42)20-4-2-5-21(16-20)30(31,32)33)14-23(18)37-28-26-25(35-17-36-28)27(34)39-29(38-26)41-11-3-10-40(12-13-41)22-8-9-22/h2,4-7,14,16-17,22H,3,8-13,15H2,1H3,(H2,34,38,39)(H,35,36,37). The molecule has 0 radical (unpaired) electrons. The van der Waals surface area contributed by atoms with Gasteiger partial charge in [-0.3, -0.25) is 9.69 Å². The number of hydrogen-bond donors (Lipinski definition) is 2. The summed E-state index contributed by atoms with van der Waals surface area (Å²) >= 11 is 0. The number of halogens is 3. The summed E-state index contributed by atoms with van der Waals surface area (Å²) in [6.45, 7) is 5.55. The van der Waals surface area contributed by atoms with Crippen molar-refractivity contribution in [2.75, 3.05) is 42.1 Å². The van der Waals surface area contributed by atoms with Crippen LogP contribution in [0.15, 0.2) is 48.8 Å². The summed E-state index contributed by atoms with van der Waals surface area (Å²) in [5.41, 5.74) is 8.61. The molecule has 4 aromatic rings. The van der Waals surface area contributed by atoms with Crippen LogP contribution in [0.1, 0.15) is 46.3 Å². The van der Waals surface area contributed by atoms with Crippen molar-refractivity contribution in [3.8, 4) is 0 Å². The highest BCUT2D eigenvalue weighted by Gasteiger charge is 2.32. The molecule has 2 fully saturated rings. The molecule has 3 N–H and O–H groups in total. The number of Topliss-reactive ketones (excluding diaryl/α,β-unsaturated/α-hetero) is 1. The molecule has 12 heteroatoms. The monoisotopic (exact) mass is 576 g/mol. The number of alkyl halides is 3. The highest BCUT2D eigenvalue weighted by Crippen LogP contribution is 2.32. The third-order valence-electron chi connectivity index (χ3n) is 7.81. The number of nitrogens with two attached hydrogens (primary N) is 1. The van der Waals surface area contributed by atoms with Crippen molar-refractivity contribution in [1.82, 2.24) is 24.8 Å². The Morgan fingerprint density at radius 1 is 1.02 bits per heavy atom. The number of aromatic nitrogens is 4. The van der Waals surface area contributed by atoms with E-state index in [1.165, 1.54) is 31.3 Å². The minimum Gasteiger partial charge on any atom is -0.382 e. The van der Waals surface area contributed by atoms with Gasteiger partial charge in [-0.25, -0.2) is 15.0 Å². The Bertz CT molecular complexity index is 1640. The molecule has 0 atom stereocenters. The van der Waals surface area contributed by atoms with E-state index in [9.17, 15) is 18.0 Å². The number of benzene rings is 2. The van der Waals surface area contributed by atoms with Crippen molar-refractivity contribution in [3.05, 3.63) is 71.0 Å². The molecule has 0 bridgehead atoms. The largest absolute Gasteiger partial charge is 0.416 e. The van der Waals surface area contributed by atoms with Crippen molar-refractivity contribution < 1.29 is 18.0 Å². The number of fused-ring (bicyclic) bond motifs is 1. The van der Waals surface area contributed by atoms with Crippen molar-refractivity contribution in [3.63, 3.8) is 0 Å². The first-order valence-corrected chi connectivity index (χ1v) is 14.0. The van der Waals surface area contributed by atoms with Crippen molar-refractivity contribution >= 4 is 40.1 Å². The molecule has 0 spiro atoms. The van der Waals surface area contributed by atoms with Crippen LogP contribution in [-0.2, 0) is 12.6 Å². The maximum absolute atomic E-state index is 13.1. The lowest BCUT2D eigenvalue weighted by atomic mass is 9.99. The molecule has 1 saturated heterocycles. The molecule has 42 heavy (non-hydrogen) atoms. The van der Waals surface area contributed by atoms with E-state index >= 15 is 0 Å². The predicted molar refractivity (Wildman–Crippen MR) is 155 cm³/mol. The fourth-order valence-corrected chi connectivity index (χ4v) is 5.33. The van der Waals surface area contributed by atoms with Gasteiger partial charge in [-0.05, 0) is 55.5 Å². The first-order valence-electron chi connectivity index (χ1n) is 14.0. The number of nitrogens with one attached hydrogen (secondary N) is 1. The number of nitrogens with zero attached hydrogens (tertiary/aromatic N) is 6. The van der Waals surface area contributed by atoms with Gasteiger partial charge in [0.05, 0.1) is 5.56 Å². The molecule has 1 saturated carbocycles. The summed E-state index contributed by atoms with van der Waals surface area (Å²) in [6.07, 6.45) is 0.359. The molecule has 2 aromatic carbocycles. The van der Waals surface area contributed by atoms with E-state index in [-0.39, 0.29) is 17.8 Å². The number of carbonyl (C=O) groups is 1. The maximum atomic E-state index is 13.1. The van der Waals surface area contributed by atoms with Gasteiger partial charge >= 0.3 is 6.18 Å². The predicted octanol–water partition coefficient (Wildman–Crippen LogP) is 5.17. The van der Waals surface area contributed by atoms with Crippen molar-refractivity contribution in [1.29, 1.82) is 0 Å². The molecule has 218 valence electrons. The van der Waals surface area contributed by atoms with Gasteiger partial charge in [-0.15, -0.1) is 0 Å². The second-order valence-corrected chi connectivity index (χ2v) is 10.9. The number of nitrogen functional groups attached to an aromatic ring is 1. The third-order valence-corrected chi connectivity index (χ3v) is 7.81. The van der Waals surface area contributed by atoms with Crippen molar-refractivity contribution in [2.45, 2.75) is 44.8 Å². The van der Waals surface area contributed by atoms with E-state index in [1.54, 1.807) is 12.1 Å². The van der Waals surface area contributed by atoms with E-state index in [0.29, 0.717) is 40.1 Å². The highest BCUT2D eigenvalue weighted by atomic mass is 19.4. The first-order chi connectivity index (χ1) is 20.2. The van der Waals surface area contributed by atoms with Gasteiger partial charge in [0.1, 0.15) is 17.4 Å². The molecule has 9 nitrogen and oxygen atoms in total. The van der Waals surface area contributed by atoms with E-state index in [1.807, 2.05) is 13.0 Å². The fraction of sp³-hybridized carbons (Fsp3) is 0.367. The average molecular weight is 577 g/mol. The number of carbonyl (C=O) groups excluding carboxylic acids is 1. The van der Waals surface area contributed by atoms with Gasteiger partial charge in [-0.1, -0.05) is 24.3 Å². The minimum absolute atomic E-state index is 0.00942. The smallest absolute Gasteiger partial charge is 0.382 e. The quantitative estimate of drug-likeness (QED) is 0.288.